The minimum atomic E-state index is -0.0658. The van der Waals surface area contributed by atoms with Crippen molar-refractivity contribution in [2.45, 2.75) is 69.9 Å². The Morgan fingerprint density at radius 3 is 2.45 bits per heavy atom. The summed E-state index contributed by atoms with van der Waals surface area (Å²) in [7, 11) is 0. The molecule has 5 nitrogen and oxygen atoms in total. The number of hydrogen-bond donors (Lipinski definition) is 1. The predicted molar refractivity (Wildman–Crippen MR) is 115 cm³/mol. The van der Waals surface area contributed by atoms with Crippen molar-refractivity contribution in [3.05, 3.63) is 35.9 Å². The first kappa shape index (κ1) is 20.4. The molecule has 3 aliphatic rings. The molecule has 0 bridgehead atoms. The zero-order chi connectivity index (χ0) is 20.1. The van der Waals surface area contributed by atoms with E-state index in [4.69, 9.17) is 0 Å². The first-order chi connectivity index (χ1) is 14.2. The largest absolute Gasteiger partial charge is 0.355 e. The average Bonchev–Trinajstić information content (AvgIpc) is 3.24. The molecule has 2 unspecified atom stereocenters. The molecule has 2 aliphatic carbocycles. The highest BCUT2D eigenvalue weighted by molar-refractivity contribution is 5.95. The van der Waals surface area contributed by atoms with Crippen molar-refractivity contribution in [3.63, 3.8) is 0 Å². The fraction of sp³-hybridized carbons (Fsp3) is 0.667. The van der Waals surface area contributed by atoms with Gasteiger partial charge in [0.2, 0.25) is 5.91 Å². The van der Waals surface area contributed by atoms with Gasteiger partial charge < -0.3 is 10.2 Å². The topological polar surface area (TPSA) is 52.7 Å². The Morgan fingerprint density at radius 2 is 1.66 bits per heavy atom. The van der Waals surface area contributed by atoms with Crippen LogP contribution in [0.15, 0.2) is 30.3 Å². The van der Waals surface area contributed by atoms with E-state index in [2.05, 4.69) is 10.2 Å². The average molecular weight is 398 g/mol. The van der Waals surface area contributed by atoms with Crippen molar-refractivity contribution in [1.82, 2.24) is 15.1 Å². The molecule has 1 N–H and O–H groups in total. The van der Waals surface area contributed by atoms with Crippen LogP contribution in [0.2, 0.25) is 0 Å². The Labute approximate surface area is 174 Å². The number of nitrogens with one attached hydrogen (secondary N) is 1. The summed E-state index contributed by atoms with van der Waals surface area (Å²) in [6.45, 7) is 3.41. The molecule has 2 amide bonds. The van der Waals surface area contributed by atoms with Crippen LogP contribution in [0.1, 0.15) is 68.1 Å². The summed E-state index contributed by atoms with van der Waals surface area (Å²) in [6, 6.07) is 10.2. The molecular weight excluding hydrogens is 362 g/mol. The van der Waals surface area contributed by atoms with Crippen LogP contribution in [0.25, 0.3) is 0 Å². The third-order valence-electron chi connectivity index (χ3n) is 7.13. The van der Waals surface area contributed by atoms with Crippen molar-refractivity contribution < 1.29 is 9.59 Å². The van der Waals surface area contributed by atoms with Crippen molar-refractivity contribution in [2.24, 2.45) is 5.92 Å². The quantitative estimate of drug-likeness (QED) is 0.832. The Kier molecular flexibility index (Phi) is 6.86. The standard InChI is InChI=1S/C24H35N3O2/c28-23-21-13-7-14-22(21)27(24(29)19-9-3-1-4-10-19)17-8-16-26(18-15-25-23)20-11-5-2-6-12-20/h1,3-4,9-10,20-22H,2,5-8,11-18H2,(H,25,28). The predicted octanol–water partition coefficient (Wildman–Crippen LogP) is 3.45. The van der Waals surface area contributed by atoms with Gasteiger partial charge >= 0.3 is 0 Å². The normalized spacial score (nSPS) is 27.7. The maximum atomic E-state index is 13.4. The van der Waals surface area contributed by atoms with Gasteiger partial charge in [-0.05, 0) is 44.2 Å². The van der Waals surface area contributed by atoms with Gasteiger partial charge in [0.15, 0.2) is 0 Å². The first-order valence-corrected chi connectivity index (χ1v) is 11.6. The fourth-order valence-electron chi connectivity index (χ4n) is 5.60. The number of rotatable bonds is 2. The molecule has 1 heterocycles. The van der Waals surface area contributed by atoms with E-state index in [1.807, 2.05) is 35.2 Å². The van der Waals surface area contributed by atoms with E-state index >= 15 is 0 Å². The van der Waals surface area contributed by atoms with Crippen LogP contribution >= 0.6 is 0 Å². The molecule has 1 aromatic rings. The van der Waals surface area contributed by atoms with Crippen molar-refractivity contribution in [3.8, 4) is 0 Å². The van der Waals surface area contributed by atoms with Crippen LogP contribution in [-0.2, 0) is 4.79 Å². The van der Waals surface area contributed by atoms with E-state index in [9.17, 15) is 9.59 Å². The molecule has 0 spiro atoms. The van der Waals surface area contributed by atoms with Gasteiger partial charge in [0.1, 0.15) is 0 Å². The van der Waals surface area contributed by atoms with E-state index in [1.54, 1.807) is 0 Å². The lowest BCUT2D eigenvalue weighted by atomic mass is 9.94. The van der Waals surface area contributed by atoms with Gasteiger partial charge in [0.25, 0.3) is 5.91 Å². The molecule has 1 aromatic carbocycles. The van der Waals surface area contributed by atoms with Crippen molar-refractivity contribution >= 4 is 11.8 Å². The summed E-state index contributed by atoms with van der Waals surface area (Å²) in [5, 5.41) is 3.20. The van der Waals surface area contributed by atoms with Crippen LogP contribution in [0.3, 0.4) is 0 Å². The van der Waals surface area contributed by atoms with Gasteiger partial charge in [0, 0.05) is 43.8 Å². The number of carbonyl (C=O) groups excluding carboxylic acids is 2. The molecule has 158 valence electrons. The maximum absolute atomic E-state index is 13.4. The molecule has 1 aliphatic heterocycles. The van der Waals surface area contributed by atoms with Gasteiger partial charge in [-0.15, -0.1) is 0 Å². The van der Waals surface area contributed by atoms with Crippen molar-refractivity contribution in [2.75, 3.05) is 26.2 Å². The van der Waals surface area contributed by atoms with Crippen LogP contribution in [0.4, 0.5) is 0 Å². The molecule has 0 radical (unpaired) electrons. The second-order valence-corrected chi connectivity index (χ2v) is 8.94. The number of amides is 2. The van der Waals surface area contributed by atoms with Gasteiger partial charge in [-0.3, -0.25) is 14.5 Å². The third kappa shape index (κ3) is 4.82. The molecule has 29 heavy (non-hydrogen) atoms. The SMILES string of the molecule is O=C1NCCN(C2CCCCC2)CCCN(C(=O)c2ccccc2)C2CCCC12. The van der Waals surface area contributed by atoms with E-state index in [1.165, 1.54) is 32.1 Å². The zero-order valence-corrected chi connectivity index (χ0v) is 17.5. The van der Waals surface area contributed by atoms with Crippen LogP contribution in [0, 0.1) is 5.92 Å². The Morgan fingerprint density at radius 1 is 0.862 bits per heavy atom. The van der Waals surface area contributed by atoms with Gasteiger partial charge in [-0.1, -0.05) is 43.9 Å². The summed E-state index contributed by atoms with van der Waals surface area (Å²) in [6.07, 6.45) is 10.3. The molecule has 5 heteroatoms. The summed E-state index contributed by atoms with van der Waals surface area (Å²) in [5.74, 6) is 0.159. The Balaban J connectivity index is 1.53. The summed E-state index contributed by atoms with van der Waals surface area (Å²) in [4.78, 5) is 30.9. The molecule has 0 aromatic heterocycles. The molecule has 4 rings (SSSR count). The van der Waals surface area contributed by atoms with Gasteiger partial charge in [-0.25, -0.2) is 0 Å². The summed E-state index contributed by atoms with van der Waals surface area (Å²) in [5.41, 5.74) is 0.734. The third-order valence-corrected chi connectivity index (χ3v) is 7.13. The van der Waals surface area contributed by atoms with E-state index in [-0.39, 0.29) is 23.8 Å². The highest BCUT2D eigenvalue weighted by atomic mass is 16.2. The second kappa shape index (κ2) is 9.75. The summed E-state index contributed by atoms with van der Waals surface area (Å²) >= 11 is 0. The number of fused-ring (bicyclic) bond motifs is 1. The second-order valence-electron chi connectivity index (χ2n) is 8.94. The molecule has 3 fully saturated rings. The highest BCUT2D eigenvalue weighted by Crippen LogP contribution is 2.32. The summed E-state index contributed by atoms with van der Waals surface area (Å²) < 4.78 is 0. The maximum Gasteiger partial charge on any atom is 0.254 e. The number of carbonyl (C=O) groups is 2. The van der Waals surface area contributed by atoms with E-state index < -0.39 is 0 Å². The lowest BCUT2D eigenvalue weighted by Gasteiger charge is -2.35. The number of hydrogen-bond acceptors (Lipinski definition) is 3. The minimum absolute atomic E-state index is 0.0314. The van der Waals surface area contributed by atoms with Crippen LogP contribution in [-0.4, -0.2) is 59.9 Å². The monoisotopic (exact) mass is 397 g/mol. The molecule has 1 saturated heterocycles. The molecule has 2 atom stereocenters. The highest BCUT2D eigenvalue weighted by Gasteiger charge is 2.39. The lowest BCUT2D eigenvalue weighted by molar-refractivity contribution is -0.126. The number of benzene rings is 1. The fourth-order valence-corrected chi connectivity index (χ4v) is 5.60. The lowest BCUT2D eigenvalue weighted by Crippen LogP contribution is -2.47. The van der Waals surface area contributed by atoms with E-state index in [0.717, 1.165) is 57.4 Å². The Bertz CT molecular complexity index is 687. The van der Waals surface area contributed by atoms with Gasteiger partial charge in [0.05, 0.1) is 5.92 Å². The van der Waals surface area contributed by atoms with Gasteiger partial charge in [-0.2, -0.15) is 0 Å². The van der Waals surface area contributed by atoms with Crippen LogP contribution < -0.4 is 5.32 Å². The molecular formula is C24H35N3O2. The van der Waals surface area contributed by atoms with Crippen LogP contribution in [0.5, 0.6) is 0 Å². The number of nitrogens with zero attached hydrogens (tertiary/aromatic N) is 2. The minimum Gasteiger partial charge on any atom is -0.355 e. The first-order valence-electron chi connectivity index (χ1n) is 11.6. The van der Waals surface area contributed by atoms with Crippen molar-refractivity contribution in [1.29, 1.82) is 0 Å². The smallest absolute Gasteiger partial charge is 0.254 e. The Hall–Kier alpha value is -1.88. The van der Waals surface area contributed by atoms with E-state index in [0.29, 0.717) is 6.04 Å². The zero-order valence-electron chi connectivity index (χ0n) is 17.5. The molecule has 2 saturated carbocycles.